The zero-order valence-corrected chi connectivity index (χ0v) is 16.8. The molecular weight excluding hydrogens is 392 g/mol. The molecule has 1 heterocycles. The molecule has 0 saturated carbocycles. The molecule has 0 bridgehead atoms. The van der Waals surface area contributed by atoms with E-state index in [-0.39, 0.29) is 11.3 Å². The number of rotatable bonds is 8. The first-order valence-corrected chi connectivity index (χ1v) is 11.0. The van der Waals surface area contributed by atoms with E-state index < -0.39 is 22.0 Å². The molecule has 9 heteroatoms. The molecule has 2 aromatic rings. The van der Waals surface area contributed by atoms with Crippen molar-refractivity contribution in [2.24, 2.45) is 10.3 Å². The molecule has 1 unspecified atom stereocenters. The summed E-state index contributed by atoms with van der Waals surface area (Å²) in [6, 6.07) is 13.5. The van der Waals surface area contributed by atoms with Crippen LogP contribution >= 0.6 is 0 Å². The molecule has 0 amide bonds. The fourth-order valence-electron chi connectivity index (χ4n) is 3.06. The number of nitrogens with zero attached hydrogens (tertiary/aromatic N) is 3. The lowest BCUT2D eigenvalue weighted by Gasteiger charge is -2.21. The zero-order chi connectivity index (χ0) is 20.7. The van der Waals surface area contributed by atoms with Gasteiger partial charge in [0.1, 0.15) is 6.04 Å². The number of hydrogen-bond donors (Lipinski definition) is 2. The van der Waals surface area contributed by atoms with Gasteiger partial charge in [-0.3, -0.25) is 9.80 Å². The number of aliphatic carboxylic acids is 1. The molecule has 0 radical (unpaired) electrons. The Bertz CT molecular complexity index is 940. The Morgan fingerprint density at radius 3 is 2.31 bits per heavy atom. The first-order chi connectivity index (χ1) is 13.9. The van der Waals surface area contributed by atoms with E-state index in [9.17, 15) is 18.3 Å². The van der Waals surface area contributed by atoms with Crippen LogP contribution in [-0.4, -0.2) is 43.6 Å². The van der Waals surface area contributed by atoms with Crippen LogP contribution in [0.5, 0.6) is 0 Å². The van der Waals surface area contributed by atoms with Crippen LogP contribution in [0.3, 0.4) is 0 Å². The summed E-state index contributed by atoms with van der Waals surface area (Å²) in [6.45, 7) is 1.75. The molecule has 154 valence electrons. The summed E-state index contributed by atoms with van der Waals surface area (Å²) in [6.07, 6.45) is 3.44. The van der Waals surface area contributed by atoms with Crippen LogP contribution in [0.2, 0.25) is 0 Å². The smallest absolute Gasteiger partial charge is 0.322 e. The van der Waals surface area contributed by atoms with E-state index in [1.165, 1.54) is 18.6 Å². The first-order valence-electron chi connectivity index (χ1n) is 9.50. The molecule has 29 heavy (non-hydrogen) atoms. The normalized spacial score (nSPS) is 16.1. The van der Waals surface area contributed by atoms with Crippen LogP contribution < -0.4 is 4.72 Å². The molecule has 0 spiro atoms. The van der Waals surface area contributed by atoms with Crippen molar-refractivity contribution in [1.82, 2.24) is 9.73 Å². The number of carboxylic acid groups (broad SMARTS) is 1. The Labute approximate surface area is 170 Å². The molecule has 3 rings (SSSR count). The minimum absolute atomic E-state index is 0.0197. The van der Waals surface area contributed by atoms with E-state index in [1.807, 2.05) is 11.1 Å². The summed E-state index contributed by atoms with van der Waals surface area (Å²) < 4.78 is 27.5. The molecule has 1 aliphatic rings. The van der Waals surface area contributed by atoms with Crippen molar-refractivity contribution in [2.75, 3.05) is 13.1 Å². The third-order valence-electron chi connectivity index (χ3n) is 4.64. The Morgan fingerprint density at radius 1 is 1.03 bits per heavy atom. The highest BCUT2D eigenvalue weighted by Crippen LogP contribution is 2.19. The van der Waals surface area contributed by atoms with E-state index in [2.05, 4.69) is 15.1 Å². The summed E-state index contributed by atoms with van der Waals surface area (Å²) in [5, 5.41) is 19.6. The van der Waals surface area contributed by atoms with Crippen molar-refractivity contribution in [3.63, 3.8) is 0 Å². The second-order valence-electron chi connectivity index (χ2n) is 6.90. The predicted octanol–water partition coefficient (Wildman–Crippen LogP) is 3.15. The van der Waals surface area contributed by atoms with Gasteiger partial charge in [0, 0.05) is 13.1 Å². The highest BCUT2D eigenvalue weighted by Gasteiger charge is 2.25. The number of nitrogens with one attached hydrogen (secondary N) is 1. The maximum Gasteiger partial charge on any atom is 0.322 e. The molecule has 0 aliphatic carbocycles. The Hall–Kier alpha value is -2.78. The summed E-state index contributed by atoms with van der Waals surface area (Å²) >= 11 is 0. The van der Waals surface area contributed by atoms with Crippen molar-refractivity contribution in [3.05, 3.63) is 60.2 Å². The van der Waals surface area contributed by atoms with Crippen molar-refractivity contribution >= 4 is 21.7 Å². The minimum atomic E-state index is -3.99. The highest BCUT2D eigenvalue weighted by atomic mass is 32.2. The SMILES string of the molecule is O=C(O)C(Cc1ccccc1)NS(=O)(=O)c1ccc(N=NN2CCCCC2)cc1. The van der Waals surface area contributed by atoms with Gasteiger partial charge >= 0.3 is 5.97 Å². The number of piperidine rings is 1. The third-order valence-corrected chi connectivity index (χ3v) is 6.13. The van der Waals surface area contributed by atoms with Gasteiger partial charge in [0.05, 0.1) is 10.6 Å². The molecule has 1 atom stereocenters. The number of carbonyl (C=O) groups is 1. The standard InChI is InChI=1S/C20H24N4O4S/c25-20(26)19(15-16-7-3-1-4-8-16)22-29(27,28)18-11-9-17(10-12-18)21-23-24-13-5-2-6-14-24/h1,3-4,7-12,19,22H,2,5-6,13-15H2,(H,25,26). The summed E-state index contributed by atoms with van der Waals surface area (Å²) in [7, 11) is -3.99. The average molecular weight is 417 g/mol. The van der Waals surface area contributed by atoms with E-state index in [0.717, 1.165) is 31.5 Å². The van der Waals surface area contributed by atoms with Crippen LogP contribution in [-0.2, 0) is 21.2 Å². The Kier molecular flexibility index (Phi) is 6.95. The van der Waals surface area contributed by atoms with Gasteiger partial charge in [-0.05, 0) is 55.5 Å². The van der Waals surface area contributed by atoms with E-state index in [4.69, 9.17) is 0 Å². The molecule has 0 aromatic heterocycles. The Balaban J connectivity index is 1.67. The number of sulfonamides is 1. The van der Waals surface area contributed by atoms with Gasteiger partial charge in [0.2, 0.25) is 10.0 Å². The van der Waals surface area contributed by atoms with E-state index in [0.29, 0.717) is 5.69 Å². The second kappa shape index (κ2) is 9.62. The van der Waals surface area contributed by atoms with Gasteiger partial charge in [-0.1, -0.05) is 35.6 Å². The maximum absolute atomic E-state index is 12.6. The van der Waals surface area contributed by atoms with Crippen LogP contribution in [0.25, 0.3) is 0 Å². The summed E-state index contributed by atoms with van der Waals surface area (Å²) in [4.78, 5) is 11.5. The minimum Gasteiger partial charge on any atom is -0.480 e. The van der Waals surface area contributed by atoms with Crippen LogP contribution in [0, 0.1) is 0 Å². The van der Waals surface area contributed by atoms with Crippen molar-refractivity contribution < 1.29 is 18.3 Å². The lowest BCUT2D eigenvalue weighted by Crippen LogP contribution is -2.42. The number of hydrogen-bond acceptors (Lipinski definition) is 5. The Morgan fingerprint density at radius 2 is 1.69 bits per heavy atom. The largest absolute Gasteiger partial charge is 0.480 e. The lowest BCUT2D eigenvalue weighted by molar-refractivity contribution is -0.138. The van der Waals surface area contributed by atoms with Crippen molar-refractivity contribution in [3.8, 4) is 0 Å². The van der Waals surface area contributed by atoms with E-state index in [1.54, 1.807) is 36.4 Å². The van der Waals surface area contributed by atoms with Gasteiger partial charge in [-0.25, -0.2) is 8.42 Å². The fraction of sp³-hybridized carbons (Fsp3) is 0.350. The maximum atomic E-state index is 12.6. The molecule has 1 fully saturated rings. The summed E-state index contributed by atoms with van der Waals surface area (Å²) in [5.41, 5.74) is 1.27. The van der Waals surface area contributed by atoms with Crippen LogP contribution in [0.4, 0.5) is 5.69 Å². The number of carboxylic acids is 1. The predicted molar refractivity (Wildman–Crippen MR) is 108 cm³/mol. The summed E-state index contributed by atoms with van der Waals surface area (Å²) in [5.74, 6) is -1.23. The molecule has 2 N–H and O–H groups in total. The second-order valence-corrected chi connectivity index (χ2v) is 8.61. The lowest BCUT2D eigenvalue weighted by atomic mass is 10.1. The van der Waals surface area contributed by atoms with Crippen LogP contribution in [0.1, 0.15) is 24.8 Å². The van der Waals surface area contributed by atoms with Gasteiger partial charge in [0.25, 0.3) is 0 Å². The molecule has 2 aromatic carbocycles. The van der Waals surface area contributed by atoms with Crippen molar-refractivity contribution in [1.29, 1.82) is 0 Å². The third kappa shape index (κ3) is 6.10. The molecule has 1 aliphatic heterocycles. The molecular formula is C20H24N4O4S. The number of benzene rings is 2. The van der Waals surface area contributed by atoms with Gasteiger partial charge < -0.3 is 5.11 Å². The highest BCUT2D eigenvalue weighted by molar-refractivity contribution is 7.89. The first kappa shape index (κ1) is 20.9. The quantitative estimate of drug-likeness (QED) is 0.642. The molecule has 1 saturated heterocycles. The molecule has 8 nitrogen and oxygen atoms in total. The monoisotopic (exact) mass is 416 g/mol. The van der Waals surface area contributed by atoms with Crippen LogP contribution in [0.15, 0.2) is 69.8 Å². The van der Waals surface area contributed by atoms with Gasteiger partial charge in [0.15, 0.2) is 0 Å². The zero-order valence-electron chi connectivity index (χ0n) is 15.9. The van der Waals surface area contributed by atoms with Crippen molar-refractivity contribution in [2.45, 2.75) is 36.6 Å². The van der Waals surface area contributed by atoms with Gasteiger partial charge in [-0.2, -0.15) is 4.72 Å². The van der Waals surface area contributed by atoms with Gasteiger partial charge in [-0.15, -0.1) is 5.11 Å². The fourth-order valence-corrected chi connectivity index (χ4v) is 4.25. The van der Waals surface area contributed by atoms with E-state index >= 15 is 0 Å². The average Bonchev–Trinajstić information content (AvgIpc) is 2.73. The topological polar surface area (TPSA) is 111 Å².